The predicted octanol–water partition coefficient (Wildman–Crippen LogP) is 4.96. The first-order chi connectivity index (χ1) is 14.1. The maximum Gasteiger partial charge on any atom is 0.234 e. The van der Waals surface area contributed by atoms with Gasteiger partial charge >= 0.3 is 0 Å². The molecular formula is C23H20N4OS. The highest BCUT2D eigenvalue weighted by molar-refractivity contribution is 7.99. The summed E-state index contributed by atoms with van der Waals surface area (Å²) in [5.41, 5.74) is 5.85. The summed E-state index contributed by atoms with van der Waals surface area (Å²) in [7, 11) is 0. The van der Waals surface area contributed by atoms with Crippen LogP contribution in [0, 0.1) is 18.3 Å². The molecule has 0 aliphatic carbocycles. The second kappa shape index (κ2) is 7.98. The molecule has 0 fully saturated rings. The van der Waals surface area contributed by atoms with Crippen LogP contribution in [0.15, 0.2) is 59.6 Å². The lowest BCUT2D eigenvalue weighted by atomic mass is 10.1. The van der Waals surface area contributed by atoms with Crippen molar-refractivity contribution in [3.05, 3.63) is 71.3 Å². The summed E-state index contributed by atoms with van der Waals surface area (Å²) in [5, 5.41) is 13.5. The number of anilines is 1. The molecule has 2 heterocycles. The number of nitrogens with zero attached hydrogens (tertiary/aromatic N) is 3. The Balaban J connectivity index is 1.69. The van der Waals surface area contributed by atoms with Gasteiger partial charge in [0.25, 0.3) is 0 Å². The van der Waals surface area contributed by atoms with Crippen LogP contribution in [0.2, 0.25) is 0 Å². The van der Waals surface area contributed by atoms with Gasteiger partial charge in [0.15, 0.2) is 5.65 Å². The fraction of sp³-hybridized carbons (Fsp3) is 0.174. The monoisotopic (exact) mass is 400 g/mol. The Hall–Kier alpha value is -3.30. The highest BCUT2D eigenvalue weighted by Crippen LogP contribution is 2.30. The van der Waals surface area contributed by atoms with Crippen LogP contribution in [0.3, 0.4) is 0 Å². The number of pyridine rings is 1. The Kier molecular flexibility index (Phi) is 5.24. The number of rotatable bonds is 5. The number of thioether (sulfide) groups is 1. The molecule has 5 nitrogen and oxygen atoms in total. The highest BCUT2D eigenvalue weighted by atomic mass is 32.2. The molecule has 0 spiro atoms. The van der Waals surface area contributed by atoms with Crippen molar-refractivity contribution < 1.29 is 4.79 Å². The molecule has 144 valence electrons. The second-order valence-corrected chi connectivity index (χ2v) is 7.81. The van der Waals surface area contributed by atoms with Crippen LogP contribution in [-0.4, -0.2) is 21.0 Å². The number of hydrogen-bond donors (Lipinski definition) is 1. The number of carbonyl (C=O) groups excluding carboxylic acids is 1. The van der Waals surface area contributed by atoms with Crippen LogP contribution >= 0.6 is 11.8 Å². The van der Waals surface area contributed by atoms with E-state index in [-0.39, 0.29) is 11.7 Å². The molecule has 0 unspecified atom stereocenters. The van der Waals surface area contributed by atoms with E-state index >= 15 is 0 Å². The van der Waals surface area contributed by atoms with Crippen molar-refractivity contribution in [2.45, 2.75) is 25.3 Å². The van der Waals surface area contributed by atoms with Gasteiger partial charge in [0.1, 0.15) is 6.07 Å². The summed E-state index contributed by atoms with van der Waals surface area (Å²) in [5.74, 6) is 0.200. The van der Waals surface area contributed by atoms with E-state index in [1.54, 1.807) is 0 Å². The van der Waals surface area contributed by atoms with Gasteiger partial charge in [-0.2, -0.15) is 5.26 Å². The number of aryl methyl sites for hydroxylation is 2. The minimum atomic E-state index is -0.0689. The van der Waals surface area contributed by atoms with E-state index in [9.17, 15) is 10.1 Å². The SMILES string of the molecule is CCc1cc(SCC(=O)Nc2cccc(C)c2)n2c(nc3ccccc32)c1C#N. The van der Waals surface area contributed by atoms with Gasteiger partial charge in [0.05, 0.1) is 27.4 Å². The number of nitrogens with one attached hydrogen (secondary N) is 1. The topological polar surface area (TPSA) is 70.2 Å². The molecule has 0 bridgehead atoms. The van der Waals surface area contributed by atoms with Crippen LogP contribution < -0.4 is 5.32 Å². The molecule has 6 heteroatoms. The molecule has 4 aromatic rings. The van der Waals surface area contributed by atoms with Crippen molar-refractivity contribution >= 4 is 40.0 Å². The molecule has 1 N–H and O–H groups in total. The zero-order valence-electron chi connectivity index (χ0n) is 16.3. The summed E-state index contributed by atoms with van der Waals surface area (Å²) >= 11 is 1.45. The van der Waals surface area contributed by atoms with Crippen LogP contribution in [0.25, 0.3) is 16.7 Å². The van der Waals surface area contributed by atoms with Crippen molar-refractivity contribution in [1.82, 2.24) is 9.38 Å². The van der Waals surface area contributed by atoms with Crippen LogP contribution in [0.5, 0.6) is 0 Å². The van der Waals surface area contributed by atoms with Gasteiger partial charge in [-0.3, -0.25) is 9.20 Å². The number of imidazole rings is 1. The zero-order chi connectivity index (χ0) is 20.4. The second-order valence-electron chi connectivity index (χ2n) is 6.81. The maximum atomic E-state index is 12.5. The standard InChI is InChI=1S/C23H20N4OS/c1-3-16-12-22(29-14-21(28)25-17-8-6-7-15(2)11-17)27-20-10-5-4-9-19(20)26-23(27)18(16)13-24/h4-12H,3,14H2,1-2H3,(H,25,28). The molecule has 0 atom stereocenters. The van der Waals surface area contributed by atoms with Gasteiger partial charge in [0, 0.05) is 5.69 Å². The molecule has 1 amide bonds. The van der Waals surface area contributed by atoms with Crippen molar-refractivity contribution in [2.75, 3.05) is 11.1 Å². The molecule has 0 saturated carbocycles. The van der Waals surface area contributed by atoms with Crippen LogP contribution in [0.4, 0.5) is 5.69 Å². The molecule has 0 aliphatic heterocycles. The van der Waals surface area contributed by atoms with Crippen LogP contribution in [-0.2, 0) is 11.2 Å². The number of aromatic nitrogens is 2. The van der Waals surface area contributed by atoms with Crippen molar-refractivity contribution in [3.63, 3.8) is 0 Å². The van der Waals surface area contributed by atoms with E-state index in [2.05, 4.69) is 16.4 Å². The number of para-hydroxylation sites is 2. The molecule has 4 rings (SSSR count). The van der Waals surface area contributed by atoms with E-state index in [1.807, 2.05) is 72.8 Å². The molecular weight excluding hydrogens is 380 g/mol. The lowest BCUT2D eigenvalue weighted by molar-refractivity contribution is -0.113. The molecule has 29 heavy (non-hydrogen) atoms. The lowest BCUT2D eigenvalue weighted by Gasteiger charge is -2.11. The summed E-state index contributed by atoms with van der Waals surface area (Å²) in [6, 6.07) is 19.9. The van der Waals surface area contributed by atoms with E-state index in [0.29, 0.717) is 11.2 Å². The minimum absolute atomic E-state index is 0.0689. The summed E-state index contributed by atoms with van der Waals surface area (Å²) < 4.78 is 1.98. The third-order valence-electron chi connectivity index (χ3n) is 4.77. The third kappa shape index (κ3) is 3.69. The quantitative estimate of drug-likeness (QED) is 0.481. The van der Waals surface area contributed by atoms with Crippen molar-refractivity contribution in [2.24, 2.45) is 0 Å². The minimum Gasteiger partial charge on any atom is -0.325 e. The fourth-order valence-corrected chi connectivity index (χ4v) is 4.30. The number of amides is 1. The van der Waals surface area contributed by atoms with Gasteiger partial charge in [-0.05, 0) is 54.8 Å². The Morgan fingerprint density at radius 1 is 1.21 bits per heavy atom. The van der Waals surface area contributed by atoms with Gasteiger partial charge < -0.3 is 5.32 Å². The first-order valence-electron chi connectivity index (χ1n) is 9.43. The highest BCUT2D eigenvalue weighted by Gasteiger charge is 2.17. The Morgan fingerprint density at radius 2 is 2.03 bits per heavy atom. The lowest BCUT2D eigenvalue weighted by Crippen LogP contribution is -2.14. The largest absolute Gasteiger partial charge is 0.325 e. The van der Waals surface area contributed by atoms with E-state index in [4.69, 9.17) is 0 Å². The molecule has 0 aliphatic rings. The molecule has 0 radical (unpaired) electrons. The average molecular weight is 401 g/mol. The first kappa shape index (κ1) is 19.0. The normalized spacial score (nSPS) is 10.9. The van der Waals surface area contributed by atoms with Gasteiger partial charge in [-0.15, -0.1) is 0 Å². The number of fused-ring (bicyclic) bond motifs is 3. The zero-order valence-corrected chi connectivity index (χ0v) is 17.1. The summed E-state index contributed by atoms with van der Waals surface area (Å²) in [6.45, 7) is 4.02. The van der Waals surface area contributed by atoms with Gasteiger partial charge in [-0.1, -0.05) is 43.0 Å². The number of hydrogen-bond acceptors (Lipinski definition) is 4. The number of benzene rings is 2. The third-order valence-corrected chi connectivity index (χ3v) is 5.77. The van der Waals surface area contributed by atoms with Crippen molar-refractivity contribution in [1.29, 1.82) is 5.26 Å². The average Bonchev–Trinajstić information content (AvgIpc) is 3.11. The van der Waals surface area contributed by atoms with Gasteiger partial charge in [-0.25, -0.2) is 4.98 Å². The van der Waals surface area contributed by atoms with E-state index in [0.717, 1.165) is 39.3 Å². The molecule has 0 saturated heterocycles. The fourth-order valence-electron chi connectivity index (χ4n) is 3.41. The summed E-state index contributed by atoms with van der Waals surface area (Å²) in [6.07, 6.45) is 0.728. The predicted molar refractivity (Wildman–Crippen MR) is 117 cm³/mol. The maximum absolute atomic E-state index is 12.5. The van der Waals surface area contributed by atoms with Crippen LogP contribution in [0.1, 0.15) is 23.6 Å². The van der Waals surface area contributed by atoms with E-state index in [1.165, 1.54) is 11.8 Å². The Labute approximate surface area is 173 Å². The van der Waals surface area contributed by atoms with E-state index < -0.39 is 0 Å². The Bertz CT molecular complexity index is 1270. The van der Waals surface area contributed by atoms with Gasteiger partial charge in [0.2, 0.25) is 5.91 Å². The molecule has 2 aromatic heterocycles. The van der Waals surface area contributed by atoms with Crippen molar-refractivity contribution in [3.8, 4) is 6.07 Å². The first-order valence-corrected chi connectivity index (χ1v) is 10.4. The number of carbonyl (C=O) groups is 1. The summed E-state index contributed by atoms with van der Waals surface area (Å²) in [4.78, 5) is 17.2. The smallest absolute Gasteiger partial charge is 0.234 e. The number of nitriles is 1. The molecule has 2 aromatic carbocycles. The Morgan fingerprint density at radius 3 is 2.79 bits per heavy atom.